The van der Waals surface area contributed by atoms with Crippen molar-refractivity contribution in [3.63, 3.8) is 0 Å². The van der Waals surface area contributed by atoms with E-state index in [9.17, 15) is 10.1 Å². The van der Waals surface area contributed by atoms with Crippen LogP contribution < -0.4 is 4.90 Å². The summed E-state index contributed by atoms with van der Waals surface area (Å²) in [6, 6.07) is 11.9. The zero-order chi connectivity index (χ0) is 15.4. The number of nitrogens with zero attached hydrogens (tertiary/aromatic N) is 4. The molecule has 106 valence electrons. The molecule has 0 aliphatic heterocycles. The summed E-state index contributed by atoms with van der Waals surface area (Å²) >= 11 is 6.09. The van der Waals surface area contributed by atoms with Gasteiger partial charge in [0.25, 0.3) is 0 Å². The molecular weight excluding hydrogens is 292 g/mol. The SMILES string of the molecule is CN(Cc1ccccc1Cl)c1ccc([N+](=O)[O-])c(C#N)n1. The van der Waals surface area contributed by atoms with Crippen LogP contribution in [0.1, 0.15) is 11.3 Å². The minimum absolute atomic E-state index is 0.205. The van der Waals surface area contributed by atoms with Gasteiger partial charge in [-0.3, -0.25) is 10.1 Å². The second kappa shape index (κ2) is 6.20. The molecule has 0 amide bonds. The molecule has 0 atom stereocenters. The second-order valence-electron chi connectivity index (χ2n) is 4.35. The molecule has 0 spiro atoms. The molecule has 1 heterocycles. The summed E-state index contributed by atoms with van der Waals surface area (Å²) in [4.78, 5) is 15.9. The van der Waals surface area contributed by atoms with E-state index in [0.717, 1.165) is 5.56 Å². The molecule has 0 unspecified atom stereocenters. The smallest absolute Gasteiger partial charge is 0.305 e. The number of nitro groups is 1. The third kappa shape index (κ3) is 3.27. The van der Waals surface area contributed by atoms with Gasteiger partial charge < -0.3 is 4.90 Å². The molecule has 1 aromatic carbocycles. The van der Waals surface area contributed by atoms with Crippen LogP contribution in [0.2, 0.25) is 5.02 Å². The predicted octanol–water partition coefficient (Wildman–Crippen LogP) is 3.15. The van der Waals surface area contributed by atoms with Crippen LogP contribution >= 0.6 is 11.6 Å². The Morgan fingerprint density at radius 3 is 2.71 bits per heavy atom. The van der Waals surface area contributed by atoms with E-state index in [4.69, 9.17) is 16.9 Å². The first-order chi connectivity index (χ1) is 10.0. The summed E-state index contributed by atoms with van der Waals surface area (Å²) < 4.78 is 0. The van der Waals surface area contributed by atoms with Gasteiger partial charge in [-0.25, -0.2) is 4.98 Å². The lowest BCUT2D eigenvalue weighted by molar-refractivity contribution is -0.385. The highest BCUT2D eigenvalue weighted by atomic mass is 35.5. The zero-order valence-electron chi connectivity index (χ0n) is 11.2. The van der Waals surface area contributed by atoms with Gasteiger partial charge >= 0.3 is 5.69 Å². The van der Waals surface area contributed by atoms with Crippen molar-refractivity contribution in [2.45, 2.75) is 6.54 Å². The maximum absolute atomic E-state index is 10.8. The largest absolute Gasteiger partial charge is 0.355 e. The summed E-state index contributed by atoms with van der Waals surface area (Å²) in [5.74, 6) is 0.470. The van der Waals surface area contributed by atoms with Gasteiger partial charge in [0.1, 0.15) is 11.9 Å². The van der Waals surface area contributed by atoms with E-state index in [1.54, 1.807) is 24.1 Å². The first-order valence-corrected chi connectivity index (χ1v) is 6.41. The van der Waals surface area contributed by atoms with Gasteiger partial charge in [-0.05, 0) is 17.7 Å². The average molecular weight is 303 g/mol. The van der Waals surface area contributed by atoms with E-state index < -0.39 is 4.92 Å². The molecule has 0 aliphatic carbocycles. The number of hydrogen-bond acceptors (Lipinski definition) is 5. The number of benzene rings is 1. The van der Waals surface area contributed by atoms with Crippen LogP contribution in [0.3, 0.4) is 0 Å². The van der Waals surface area contributed by atoms with Gasteiger partial charge in [0.15, 0.2) is 0 Å². The third-order valence-electron chi connectivity index (χ3n) is 2.92. The van der Waals surface area contributed by atoms with E-state index in [2.05, 4.69) is 4.98 Å². The molecule has 0 N–H and O–H groups in total. The number of hydrogen-bond donors (Lipinski definition) is 0. The van der Waals surface area contributed by atoms with Gasteiger partial charge in [0.05, 0.1) is 4.92 Å². The summed E-state index contributed by atoms with van der Waals surface area (Å²) in [6.45, 7) is 0.482. The Hall–Kier alpha value is -2.65. The fraction of sp³-hybridized carbons (Fsp3) is 0.143. The normalized spacial score (nSPS) is 9.95. The molecule has 1 aromatic heterocycles. The lowest BCUT2D eigenvalue weighted by Crippen LogP contribution is -2.18. The highest BCUT2D eigenvalue weighted by molar-refractivity contribution is 6.31. The maximum Gasteiger partial charge on any atom is 0.305 e. The van der Waals surface area contributed by atoms with E-state index in [-0.39, 0.29) is 11.4 Å². The minimum Gasteiger partial charge on any atom is -0.355 e. The van der Waals surface area contributed by atoms with Crippen molar-refractivity contribution in [2.24, 2.45) is 0 Å². The molecule has 0 radical (unpaired) electrons. The Bertz CT molecular complexity index is 727. The Balaban J connectivity index is 2.28. The number of rotatable bonds is 4. The average Bonchev–Trinajstić information content (AvgIpc) is 2.48. The lowest BCUT2D eigenvalue weighted by Gasteiger charge is -2.18. The van der Waals surface area contributed by atoms with Crippen LogP contribution in [0.4, 0.5) is 11.5 Å². The molecule has 21 heavy (non-hydrogen) atoms. The maximum atomic E-state index is 10.8. The number of pyridine rings is 1. The van der Waals surface area contributed by atoms with E-state index in [0.29, 0.717) is 17.4 Å². The predicted molar refractivity (Wildman–Crippen MR) is 79.2 cm³/mol. The third-order valence-corrected chi connectivity index (χ3v) is 3.29. The molecule has 0 saturated heterocycles. The van der Waals surface area contributed by atoms with Gasteiger partial charge in [-0.2, -0.15) is 5.26 Å². The number of aromatic nitrogens is 1. The van der Waals surface area contributed by atoms with Gasteiger partial charge in [0, 0.05) is 24.7 Å². The van der Waals surface area contributed by atoms with Crippen molar-refractivity contribution < 1.29 is 4.92 Å². The van der Waals surface area contributed by atoms with E-state index in [1.165, 1.54) is 12.1 Å². The highest BCUT2D eigenvalue weighted by Crippen LogP contribution is 2.23. The van der Waals surface area contributed by atoms with Crippen molar-refractivity contribution in [2.75, 3.05) is 11.9 Å². The molecule has 2 aromatic rings. The number of anilines is 1. The molecule has 2 rings (SSSR count). The Morgan fingerprint density at radius 2 is 2.10 bits per heavy atom. The topological polar surface area (TPSA) is 83.1 Å². The number of halogens is 1. The Morgan fingerprint density at radius 1 is 1.38 bits per heavy atom. The molecule has 0 fully saturated rings. The molecule has 0 aliphatic rings. The van der Waals surface area contributed by atoms with Crippen molar-refractivity contribution in [1.82, 2.24) is 4.98 Å². The molecule has 0 saturated carbocycles. The first kappa shape index (κ1) is 14.8. The van der Waals surface area contributed by atoms with Crippen LogP contribution in [-0.4, -0.2) is 17.0 Å². The lowest BCUT2D eigenvalue weighted by atomic mass is 10.2. The quantitative estimate of drug-likeness (QED) is 0.640. The van der Waals surface area contributed by atoms with E-state index in [1.807, 2.05) is 18.2 Å². The minimum atomic E-state index is -0.622. The summed E-state index contributed by atoms with van der Waals surface area (Å²) in [6.07, 6.45) is 0. The van der Waals surface area contributed by atoms with Crippen LogP contribution in [0, 0.1) is 21.4 Å². The van der Waals surface area contributed by atoms with Crippen molar-refractivity contribution in [3.8, 4) is 6.07 Å². The fourth-order valence-corrected chi connectivity index (χ4v) is 2.04. The summed E-state index contributed by atoms with van der Waals surface area (Å²) in [7, 11) is 1.78. The second-order valence-corrected chi connectivity index (χ2v) is 4.76. The van der Waals surface area contributed by atoms with Crippen molar-refractivity contribution in [3.05, 3.63) is 62.8 Å². The monoisotopic (exact) mass is 302 g/mol. The Labute approximate surface area is 126 Å². The molecule has 0 bridgehead atoms. The van der Waals surface area contributed by atoms with Crippen LogP contribution in [0.5, 0.6) is 0 Å². The number of nitriles is 1. The zero-order valence-corrected chi connectivity index (χ0v) is 11.9. The Kier molecular flexibility index (Phi) is 4.36. The van der Waals surface area contributed by atoms with Gasteiger partial charge in [-0.1, -0.05) is 29.8 Å². The van der Waals surface area contributed by atoms with E-state index >= 15 is 0 Å². The van der Waals surface area contributed by atoms with Crippen LogP contribution in [-0.2, 0) is 6.54 Å². The highest BCUT2D eigenvalue weighted by Gasteiger charge is 2.17. The van der Waals surface area contributed by atoms with Crippen LogP contribution in [0.15, 0.2) is 36.4 Å². The summed E-state index contributed by atoms with van der Waals surface area (Å²) in [5.41, 5.74) is 0.399. The summed E-state index contributed by atoms with van der Waals surface area (Å²) in [5, 5.41) is 20.4. The standard InChI is InChI=1S/C14H11ClN4O2/c1-18(9-10-4-2-3-5-11(10)15)14-7-6-13(19(20)21)12(8-16)17-14/h2-7H,9H2,1H3. The van der Waals surface area contributed by atoms with Crippen molar-refractivity contribution in [1.29, 1.82) is 5.26 Å². The molecule has 7 heteroatoms. The molecular formula is C14H11ClN4O2. The van der Waals surface area contributed by atoms with Crippen LogP contribution in [0.25, 0.3) is 0 Å². The van der Waals surface area contributed by atoms with Gasteiger partial charge in [0.2, 0.25) is 5.69 Å². The van der Waals surface area contributed by atoms with Gasteiger partial charge in [-0.15, -0.1) is 0 Å². The van der Waals surface area contributed by atoms with Crippen molar-refractivity contribution >= 4 is 23.1 Å². The first-order valence-electron chi connectivity index (χ1n) is 6.03. The fourth-order valence-electron chi connectivity index (χ4n) is 1.85. The molecule has 6 nitrogen and oxygen atoms in total.